The average Bonchev–Trinajstić information content (AvgIpc) is 2.48. The van der Waals surface area contributed by atoms with Crippen molar-refractivity contribution in [3.8, 4) is 0 Å². The first-order valence-electron chi connectivity index (χ1n) is 9.08. The molecule has 1 fully saturated rings. The van der Waals surface area contributed by atoms with Gasteiger partial charge in [0.25, 0.3) is 5.56 Å². The molecule has 0 aromatic carbocycles. The van der Waals surface area contributed by atoms with Gasteiger partial charge in [0.2, 0.25) is 0 Å². The van der Waals surface area contributed by atoms with Crippen molar-refractivity contribution in [2.24, 2.45) is 11.8 Å². The highest BCUT2D eigenvalue weighted by atomic mass is 16.1. The molecule has 2 bridgehead atoms. The van der Waals surface area contributed by atoms with Crippen LogP contribution in [0.2, 0.25) is 0 Å². The zero-order valence-corrected chi connectivity index (χ0v) is 14.8. The lowest BCUT2D eigenvalue weighted by Gasteiger charge is -2.43. The SMILES string of the molecule is CC(C)=CCCC(C)CN1CC2CC(C1)c1cccc(=O)n1C2. The number of fused-ring (bicyclic) bond motifs is 4. The summed E-state index contributed by atoms with van der Waals surface area (Å²) in [5.74, 6) is 1.93. The molecule has 2 aliphatic heterocycles. The highest BCUT2D eigenvalue weighted by molar-refractivity contribution is 5.16. The number of aromatic nitrogens is 1. The summed E-state index contributed by atoms with van der Waals surface area (Å²) in [7, 11) is 0. The Kier molecular flexibility index (Phi) is 5.05. The molecule has 3 heterocycles. The molecule has 23 heavy (non-hydrogen) atoms. The summed E-state index contributed by atoms with van der Waals surface area (Å²) in [6, 6.07) is 5.78. The molecule has 2 aliphatic rings. The van der Waals surface area contributed by atoms with Crippen molar-refractivity contribution in [2.75, 3.05) is 19.6 Å². The fourth-order valence-corrected chi connectivity index (χ4v) is 4.33. The molecule has 1 saturated heterocycles. The molecule has 0 saturated carbocycles. The third-order valence-electron chi connectivity index (χ3n) is 5.34. The van der Waals surface area contributed by atoms with Crippen LogP contribution < -0.4 is 5.56 Å². The van der Waals surface area contributed by atoms with Crippen molar-refractivity contribution in [3.63, 3.8) is 0 Å². The van der Waals surface area contributed by atoms with Crippen LogP contribution in [0, 0.1) is 11.8 Å². The molecular weight excluding hydrogens is 284 g/mol. The highest BCUT2D eigenvalue weighted by Gasteiger charge is 2.34. The number of hydrogen-bond acceptors (Lipinski definition) is 2. The Morgan fingerprint density at radius 2 is 2.13 bits per heavy atom. The van der Waals surface area contributed by atoms with Gasteiger partial charge in [0.1, 0.15) is 0 Å². The summed E-state index contributed by atoms with van der Waals surface area (Å²) in [5, 5.41) is 0. The van der Waals surface area contributed by atoms with Gasteiger partial charge in [-0.05, 0) is 51.0 Å². The molecule has 3 heteroatoms. The molecule has 0 spiro atoms. The maximum Gasteiger partial charge on any atom is 0.250 e. The van der Waals surface area contributed by atoms with Crippen LogP contribution in [-0.2, 0) is 6.54 Å². The first-order chi connectivity index (χ1) is 11.0. The number of nitrogens with zero attached hydrogens (tertiary/aromatic N) is 2. The summed E-state index contributed by atoms with van der Waals surface area (Å²) in [6.45, 7) is 11.1. The predicted octanol–water partition coefficient (Wildman–Crippen LogP) is 3.65. The standard InChI is InChI=1S/C20H30N2O/c1-15(2)6-4-7-16(3)11-21-12-17-10-18(14-21)19-8-5-9-20(23)22(19)13-17/h5-6,8-9,16-18H,4,7,10-14H2,1-3H3. The Balaban J connectivity index is 1.61. The van der Waals surface area contributed by atoms with Gasteiger partial charge in [-0.15, -0.1) is 0 Å². The quantitative estimate of drug-likeness (QED) is 0.775. The van der Waals surface area contributed by atoms with Gasteiger partial charge in [0.05, 0.1) is 0 Å². The molecule has 3 unspecified atom stereocenters. The lowest BCUT2D eigenvalue weighted by atomic mass is 9.82. The maximum atomic E-state index is 12.1. The zero-order chi connectivity index (χ0) is 16.4. The molecule has 3 rings (SSSR count). The summed E-state index contributed by atoms with van der Waals surface area (Å²) in [5.41, 5.74) is 2.86. The van der Waals surface area contributed by atoms with Crippen LogP contribution in [0.25, 0.3) is 0 Å². The Morgan fingerprint density at radius 1 is 1.30 bits per heavy atom. The Bertz CT molecular complexity index is 627. The average molecular weight is 314 g/mol. The largest absolute Gasteiger partial charge is 0.312 e. The molecule has 0 N–H and O–H groups in total. The van der Waals surface area contributed by atoms with Crippen molar-refractivity contribution in [2.45, 2.75) is 52.5 Å². The molecule has 3 nitrogen and oxygen atoms in total. The van der Waals surface area contributed by atoms with Crippen molar-refractivity contribution in [1.82, 2.24) is 9.47 Å². The molecule has 0 radical (unpaired) electrons. The number of hydrogen-bond donors (Lipinski definition) is 0. The van der Waals surface area contributed by atoms with E-state index in [0.717, 1.165) is 25.6 Å². The monoisotopic (exact) mass is 314 g/mol. The van der Waals surface area contributed by atoms with Gasteiger partial charge in [0.15, 0.2) is 0 Å². The van der Waals surface area contributed by atoms with Gasteiger partial charge in [0, 0.05) is 43.9 Å². The Morgan fingerprint density at radius 3 is 2.91 bits per heavy atom. The Labute approximate surface area is 140 Å². The van der Waals surface area contributed by atoms with Gasteiger partial charge >= 0.3 is 0 Å². The highest BCUT2D eigenvalue weighted by Crippen LogP contribution is 2.35. The summed E-state index contributed by atoms with van der Waals surface area (Å²) in [6.07, 6.45) is 6.08. The minimum absolute atomic E-state index is 0.181. The molecule has 1 aromatic heterocycles. The van der Waals surface area contributed by atoms with Gasteiger partial charge in [-0.2, -0.15) is 0 Å². The number of likely N-dealkylation sites (tertiary alicyclic amines) is 1. The maximum absolute atomic E-state index is 12.1. The van der Waals surface area contributed by atoms with E-state index in [1.54, 1.807) is 6.07 Å². The number of rotatable bonds is 5. The van der Waals surface area contributed by atoms with Crippen molar-refractivity contribution in [1.29, 1.82) is 0 Å². The molecular formula is C20H30N2O. The summed E-state index contributed by atoms with van der Waals surface area (Å²) in [4.78, 5) is 14.7. The lowest BCUT2D eigenvalue weighted by molar-refractivity contribution is 0.106. The van der Waals surface area contributed by atoms with Gasteiger partial charge in [-0.3, -0.25) is 4.79 Å². The van der Waals surface area contributed by atoms with E-state index in [-0.39, 0.29) is 5.56 Å². The van der Waals surface area contributed by atoms with E-state index in [1.165, 1.54) is 37.1 Å². The van der Waals surface area contributed by atoms with Crippen LogP contribution in [0.15, 0.2) is 34.6 Å². The van der Waals surface area contributed by atoms with E-state index in [4.69, 9.17) is 0 Å². The number of pyridine rings is 1. The third-order valence-corrected chi connectivity index (χ3v) is 5.34. The number of allylic oxidation sites excluding steroid dienone is 2. The normalized spacial score (nSPS) is 24.8. The third kappa shape index (κ3) is 3.95. The van der Waals surface area contributed by atoms with Crippen LogP contribution in [0.5, 0.6) is 0 Å². The van der Waals surface area contributed by atoms with E-state index in [2.05, 4.69) is 37.8 Å². The predicted molar refractivity (Wildman–Crippen MR) is 95.8 cm³/mol. The topological polar surface area (TPSA) is 25.2 Å². The molecule has 1 aromatic rings. The van der Waals surface area contributed by atoms with Gasteiger partial charge in [-0.25, -0.2) is 0 Å². The van der Waals surface area contributed by atoms with Crippen LogP contribution in [0.4, 0.5) is 0 Å². The van der Waals surface area contributed by atoms with Crippen LogP contribution in [-0.4, -0.2) is 29.1 Å². The lowest BCUT2D eigenvalue weighted by Crippen LogP contribution is -2.48. The Hall–Kier alpha value is -1.35. The fourth-order valence-electron chi connectivity index (χ4n) is 4.33. The minimum atomic E-state index is 0.181. The molecule has 0 amide bonds. The summed E-state index contributed by atoms with van der Waals surface area (Å²) < 4.78 is 2.02. The molecule has 126 valence electrons. The van der Waals surface area contributed by atoms with Crippen LogP contribution in [0.3, 0.4) is 0 Å². The van der Waals surface area contributed by atoms with E-state index >= 15 is 0 Å². The molecule has 3 atom stereocenters. The smallest absolute Gasteiger partial charge is 0.250 e. The van der Waals surface area contributed by atoms with Crippen molar-refractivity contribution >= 4 is 0 Å². The van der Waals surface area contributed by atoms with Crippen molar-refractivity contribution < 1.29 is 0 Å². The van der Waals surface area contributed by atoms with E-state index < -0.39 is 0 Å². The van der Waals surface area contributed by atoms with E-state index in [0.29, 0.717) is 11.8 Å². The summed E-state index contributed by atoms with van der Waals surface area (Å²) >= 11 is 0. The van der Waals surface area contributed by atoms with Crippen LogP contribution >= 0.6 is 0 Å². The second-order valence-electron chi connectivity index (χ2n) is 7.88. The number of piperidine rings is 1. The van der Waals surface area contributed by atoms with Crippen LogP contribution in [0.1, 0.15) is 51.6 Å². The van der Waals surface area contributed by atoms with E-state index in [9.17, 15) is 4.79 Å². The van der Waals surface area contributed by atoms with Gasteiger partial charge in [-0.1, -0.05) is 24.6 Å². The van der Waals surface area contributed by atoms with Gasteiger partial charge < -0.3 is 9.47 Å². The van der Waals surface area contributed by atoms with E-state index in [1.807, 2.05) is 10.6 Å². The second kappa shape index (κ2) is 7.04. The molecule has 0 aliphatic carbocycles. The minimum Gasteiger partial charge on any atom is -0.312 e. The fraction of sp³-hybridized carbons (Fsp3) is 0.650. The first-order valence-corrected chi connectivity index (χ1v) is 9.08. The van der Waals surface area contributed by atoms with Crippen molar-refractivity contribution in [3.05, 3.63) is 45.9 Å². The second-order valence-corrected chi connectivity index (χ2v) is 7.88. The zero-order valence-electron chi connectivity index (χ0n) is 14.8. The first kappa shape index (κ1) is 16.5.